The fraction of sp³-hybridized carbons (Fsp3) is 0.524. The Morgan fingerprint density at radius 2 is 2.07 bits per heavy atom. The fourth-order valence-corrected chi connectivity index (χ4v) is 3.46. The van der Waals surface area contributed by atoms with Crippen LogP contribution in [0.25, 0.3) is 0 Å². The maximum Gasteiger partial charge on any atom is 0.273 e. The largest absolute Gasteiger partial charge is 0.391 e. The summed E-state index contributed by atoms with van der Waals surface area (Å²) < 4.78 is 5.33. The zero-order valence-electron chi connectivity index (χ0n) is 15.9. The molecule has 0 saturated carbocycles. The molecule has 1 aliphatic heterocycles. The number of rotatable bonds is 8. The average molecular weight is 371 g/mol. The van der Waals surface area contributed by atoms with Crippen LogP contribution in [0.3, 0.4) is 0 Å². The summed E-state index contributed by atoms with van der Waals surface area (Å²) in [6.07, 6.45) is 3.56. The number of aliphatic hydroxyl groups is 1. The Morgan fingerprint density at radius 3 is 2.78 bits per heavy atom. The highest BCUT2D eigenvalue weighted by Crippen LogP contribution is 2.23. The lowest BCUT2D eigenvalue weighted by atomic mass is 9.90. The third kappa shape index (κ3) is 5.91. The maximum atomic E-state index is 12.0. The van der Waals surface area contributed by atoms with Crippen molar-refractivity contribution in [3.63, 3.8) is 0 Å². The van der Waals surface area contributed by atoms with Crippen molar-refractivity contribution < 1.29 is 14.4 Å². The average Bonchev–Trinajstić information content (AvgIpc) is 3.17. The highest BCUT2D eigenvalue weighted by Gasteiger charge is 2.21. The van der Waals surface area contributed by atoms with Crippen LogP contribution in [0, 0.1) is 5.92 Å². The van der Waals surface area contributed by atoms with Crippen LogP contribution in [0.1, 0.15) is 48.0 Å². The molecule has 1 aromatic carbocycles. The van der Waals surface area contributed by atoms with Gasteiger partial charge in [0.15, 0.2) is 11.5 Å². The predicted molar refractivity (Wildman–Crippen MR) is 103 cm³/mol. The number of likely N-dealkylation sites (tertiary alicyclic amines) is 1. The van der Waals surface area contributed by atoms with Gasteiger partial charge in [-0.1, -0.05) is 42.4 Å². The molecule has 2 N–H and O–H groups in total. The Balaban J connectivity index is 1.43. The van der Waals surface area contributed by atoms with E-state index >= 15 is 0 Å². The number of nitrogens with one attached hydrogen (secondary N) is 1. The van der Waals surface area contributed by atoms with Gasteiger partial charge < -0.3 is 14.9 Å². The Bertz CT molecular complexity index is 708. The number of benzene rings is 1. The summed E-state index contributed by atoms with van der Waals surface area (Å²) in [7, 11) is 0. The molecule has 1 saturated heterocycles. The lowest BCUT2D eigenvalue weighted by Gasteiger charge is -2.31. The Hall–Kier alpha value is -2.18. The molecule has 2 heterocycles. The standard InChI is InChI=1S/C21H29N3O3/c1-2-18(25)14-22-21(26)20-13-19(27-23-20)15-24-10-8-17(9-11-24)12-16-6-4-3-5-7-16/h3-7,13,17-18,25H,2,8-12,14-15H2,1H3,(H,22,26)/t18-/m1/s1. The van der Waals surface area contributed by atoms with Crippen molar-refractivity contribution >= 4 is 5.91 Å². The van der Waals surface area contributed by atoms with E-state index in [2.05, 4.69) is 45.7 Å². The monoisotopic (exact) mass is 371 g/mol. The van der Waals surface area contributed by atoms with Gasteiger partial charge in [0.25, 0.3) is 5.91 Å². The Morgan fingerprint density at radius 1 is 1.33 bits per heavy atom. The topological polar surface area (TPSA) is 78.6 Å². The molecular formula is C21H29N3O3. The number of amides is 1. The molecule has 146 valence electrons. The lowest BCUT2D eigenvalue weighted by molar-refractivity contribution is 0.0904. The molecule has 0 spiro atoms. The number of hydrogen-bond acceptors (Lipinski definition) is 5. The summed E-state index contributed by atoms with van der Waals surface area (Å²) in [5.74, 6) is 1.13. The van der Waals surface area contributed by atoms with E-state index in [0.29, 0.717) is 18.7 Å². The van der Waals surface area contributed by atoms with Gasteiger partial charge in [-0.3, -0.25) is 9.69 Å². The normalized spacial score (nSPS) is 17.0. The van der Waals surface area contributed by atoms with Crippen molar-refractivity contribution in [2.75, 3.05) is 19.6 Å². The summed E-state index contributed by atoms with van der Waals surface area (Å²) in [5.41, 5.74) is 1.68. The van der Waals surface area contributed by atoms with E-state index in [4.69, 9.17) is 4.52 Å². The quantitative estimate of drug-likeness (QED) is 0.746. The van der Waals surface area contributed by atoms with Crippen LogP contribution in [-0.2, 0) is 13.0 Å². The number of nitrogens with zero attached hydrogens (tertiary/aromatic N) is 2. The number of carbonyl (C=O) groups excluding carboxylic acids is 1. The molecular weight excluding hydrogens is 342 g/mol. The molecule has 3 rings (SSSR count). The van der Waals surface area contributed by atoms with Gasteiger partial charge in [-0.25, -0.2) is 0 Å². The van der Waals surface area contributed by atoms with Gasteiger partial charge in [0.1, 0.15) is 0 Å². The first-order valence-corrected chi connectivity index (χ1v) is 9.82. The van der Waals surface area contributed by atoms with Crippen LogP contribution >= 0.6 is 0 Å². The van der Waals surface area contributed by atoms with Crippen LogP contribution in [-0.4, -0.2) is 46.8 Å². The van der Waals surface area contributed by atoms with Gasteiger partial charge in [-0.2, -0.15) is 0 Å². The maximum absolute atomic E-state index is 12.0. The van der Waals surface area contributed by atoms with Gasteiger partial charge in [0.05, 0.1) is 12.6 Å². The van der Waals surface area contributed by atoms with Crippen LogP contribution in [0.4, 0.5) is 0 Å². The SMILES string of the molecule is CC[C@@H](O)CNC(=O)c1cc(CN2CCC(Cc3ccccc3)CC2)on1. The van der Waals surface area contributed by atoms with Crippen molar-refractivity contribution in [1.82, 2.24) is 15.4 Å². The van der Waals surface area contributed by atoms with E-state index in [1.165, 1.54) is 18.4 Å². The summed E-state index contributed by atoms with van der Waals surface area (Å²) in [6, 6.07) is 12.4. The zero-order chi connectivity index (χ0) is 19.1. The molecule has 1 aliphatic rings. The third-order valence-corrected chi connectivity index (χ3v) is 5.21. The Labute approximate surface area is 160 Å². The molecule has 2 aromatic rings. The number of hydrogen-bond donors (Lipinski definition) is 2. The number of piperidine rings is 1. The minimum Gasteiger partial charge on any atom is -0.391 e. The second kappa shape index (κ2) is 9.67. The van der Waals surface area contributed by atoms with Crippen molar-refractivity contribution in [3.05, 3.63) is 53.4 Å². The van der Waals surface area contributed by atoms with Crippen LogP contribution in [0.2, 0.25) is 0 Å². The number of carbonyl (C=O) groups is 1. The second-order valence-corrected chi connectivity index (χ2v) is 7.36. The van der Waals surface area contributed by atoms with Crippen molar-refractivity contribution in [2.45, 2.75) is 45.3 Å². The summed E-state index contributed by atoms with van der Waals surface area (Å²) in [5, 5.41) is 16.1. The summed E-state index contributed by atoms with van der Waals surface area (Å²) >= 11 is 0. The number of aromatic nitrogens is 1. The molecule has 6 heteroatoms. The molecule has 27 heavy (non-hydrogen) atoms. The lowest BCUT2D eigenvalue weighted by Crippen LogP contribution is -2.33. The second-order valence-electron chi connectivity index (χ2n) is 7.36. The summed E-state index contributed by atoms with van der Waals surface area (Å²) in [6.45, 7) is 4.83. The smallest absolute Gasteiger partial charge is 0.273 e. The third-order valence-electron chi connectivity index (χ3n) is 5.21. The van der Waals surface area contributed by atoms with Gasteiger partial charge in [0, 0.05) is 12.6 Å². The van der Waals surface area contributed by atoms with Crippen molar-refractivity contribution in [3.8, 4) is 0 Å². The molecule has 6 nitrogen and oxygen atoms in total. The predicted octanol–water partition coefficient (Wildman–Crippen LogP) is 2.63. The van der Waals surface area contributed by atoms with Gasteiger partial charge >= 0.3 is 0 Å². The molecule has 1 atom stereocenters. The van der Waals surface area contributed by atoms with Crippen molar-refractivity contribution in [1.29, 1.82) is 0 Å². The van der Waals surface area contributed by atoms with E-state index in [0.717, 1.165) is 25.4 Å². The molecule has 0 radical (unpaired) electrons. The number of aliphatic hydroxyl groups excluding tert-OH is 1. The highest BCUT2D eigenvalue weighted by molar-refractivity contribution is 5.92. The van der Waals surface area contributed by atoms with E-state index in [1.54, 1.807) is 6.07 Å². The van der Waals surface area contributed by atoms with E-state index in [9.17, 15) is 9.90 Å². The molecule has 1 fully saturated rings. The first kappa shape index (κ1) is 19.6. The minimum atomic E-state index is -0.530. The zero-order valence-corrected chi connectivity index (χ0v) is 15.9. The van der Waals surface area contributed by atoms with E-state index in [-0.39, 0.29) is 18.1 Å². The molecule has 1 aromatic heterocycles. The van der Waals surface area contributed by atoms with Gasteiger partial charge in [-0.05, 0) is 50.3 Å². The minimum absolute atomic E-state index is 0.229. The van der Waals surface area contributed by atoms with Crippen LogP contribution in [0.15, 0.2) is 40.9 Å². The molecule has 0 aliphatic carbocycles. The Kier molecular flexibility index (Phi) is 7.01. The van der Waals surface area contributed by atoms with Crippen LogP contribution in [0.5, 0.6) is 0 Å². The molecule has 0 unspecified atom stereocenters. The first-order valence-electron chi connectivity index (χ1n) is 9.82. The van der Waals surface area contributed by atoms with E-state index in [1.807, 2.05) is 6.92 Å². The van der Waals surface area contributed by atoms with Gasteiger partial charge in [-0.15, -0.1) is 0 Å². The van der Waals surface area contributed by atoms with Gasteiger partial charge in [0.2, 0.25) is 0 Å². The van der Waals surface area contributed by atoms with Crippen molar-refractivity contribution in [2.24, 2.45) is 5.92 Å². The highest BCUT2D eigenvalue weighted by atomic mass is 16.5. The van der Waals surface area contributed by atoms with Crippen LogP contribution < -0.4 is 5.32 Å². The summed E-state index contributed by atoms with van der Waals surface area (Å²) in [4.78, 5) is 14.4. The fourth-order valence-electron chi connectivity index (χ4n) is 3.46. The molecule has 1 amide bonds. The first-order chi connectivity index (χ1) is 13.1. The molecule has 0 bridgehead atoms. The van der Waals surface area contributed by atoms with E-state index < -0.39 is 6.10 Å².